The molecular formula is C8H5ClF3NO2. The Labute approximate surface area is 87.6 Å². The third kappa shape index (κ3) is 3.02. The summed E-state index contributed by atoms with van der Waals surface area (Å²) in [5, 5.41) is -1.10. The van der Waals surface area contributed by atoms with Crippen LogP contribution in [0.2, 0.25) is 0 Å². The molecule has 0 radical (unpaired) electrons. The van der Waals surface area contributed by atoms with E-state index in [-0.39, 0.29) is 5.69 Å². The molecule has 0 aromatic heterocycles. The maximum atomic E-state index is 11.9. The first kappa shape index (κ1) is 11.6. The molecule has 3 nitrogen and oxygen atoms in total. The van der Waals surface area contributed by atoms with Crippen LogP contribution < -0.4 is 10.5 Å². The zero-order chi connectivity index (χ0) is 11.6. The van der Waals surface area contributed by atoms with Crippen LogP contribution in [0.15, 0.2) is 18.2 Å². The second kappa shape index (κ2) is 3.98. The average molecular weight is 240 g/mol. The minimum atomic E-state index is -4.89. The first-order chi connectivity index (χ1) is 6.81. The van der Waals surface area contributed by atoms with E-state index in [1.807, 2.05) is 0 Å². The number of benzene rings is 1. The minimum absolute atomic E-state index is 0.170. The molecule has 0 fully saturated rings. The van der Waals surface area contributed by atoms with E-state index < -0.39 is 22.9 Å². The highest BCUT2D eigenvalue weighted by molar-refractivity contribution is 6.68. The summed E-state index contributed by atoms with van der Waals surface area (Å²) in [6.07, 6.45) is -4.89. The second-order valence-electron chi connectivity index (χ2n) is 2.54. The van der Waals surface area contributed by atoms with Crippen molar-refractivity contribution in [1.29, 1.82) is 0 Å². The van der Waals surface area contributed by atoms with E-state index in [4.69, 9.17) is 17.3 Å². The molecule has 0 aliphatic carbocycles. The van der Waals surface area contributed by atoms with Crippen molar-refractivity contribution in [3.63, 3.8) is 0 Å². The lowest BCUT2D eigenvalue weighted by molar-refractivity contribution is -0.274. The zero-order valence-electron chi connectivity index (χ0n) is 7.14. The van der Waals surface area contributed by atoms with Crippen LogP contribution in [0.5, 0.6) is 5.75 Å². The first-order valence-corrected chi connectivity index (χ1v) is 4.03. The first-order valence-electron chi connectivity index (χ1n) is 3.65. The van der Waals surface area contributed by atoms with Gasteiger partial charge in [-0.1, -0.05) is 6.07 Å². The summed E-state index contributed by atoms with van der Waals surface area (Å²) < 4.78 is 39.3. The number of anilines is 1. The van der Waals surface area contributed by atoms with Gasteiger partial charge >= 0.3 is 6.36 Å². The topological polar surface area (TPSA) is 52.3 Å². The van der Waals surface area contributed by atoms with Crippen molar-refractivity contribution in [3.05, 3.63) is 23.8 Å². The Bertz CT molecular complexity index is 392. The molecule has 0 amide bonds. The number of ether oxygens (including phenoxy) is 1. The maximum absolute atomic E-state index is 11.9. The van der Waals surface area contributed by atoms with Crippen LogP contribution in [-0.2, 0) is 0 Å². The van der Waals surface area contributed by atoms with Crippen molar-refractivity contribution in [2.75, 3.05) is 5.73 Å². The van der Waals surface area contributed by atoms with Crippen molar-refractivity contribution in [3.8, 4) is 5.75 Å². The quantitative estimate of drug-likeness (QED) is 0.637. The van der Waals surface area contributed by atoms with E-state index in [2.05, 4.69) is 4.74 Å². The normalized spacial score (nSPS) is 11.2. The van der Waals surface area contributed by atoms with Crippen molar-refractivity contribution in [2.45, 2.75) is 6.36 Å². The molecule has 0 saturated heterocycles. The maximum Gasteiger partial charge on any atom is 0.573 e. The molecule has 2 N–H and O–H groups in total. The molecule has 1 aromatic rings. The van der Waals surface area contributed by atoms with Crippen molar-refractivity contribution in [1.82, 2.24) is 0 Å². The number of carbonyl (C=O) groups is 1. The fraction of sp³-hybridized carbons (Fsp3) is 0.125. The monoisotopic (exact) mass is 239 g/mol. The van der Waals surface area contributed by atoms with Gasteiger partial charge < -0.3 is 10.5 Å². The number of carbonyl (C=O) groups excluding carboxylic acids is 1. The van der Waals surface area contributed by atoms with E-state index in [1.54, 1.807) is 0 Å². The van der Waals surface area contributed by atoms with Gasteiger partial charge in [0.2, 0.25) is 0 Å². The van der Waals surface area contributed by atoms with Gasteiger partial charge in [-0.3, -0.25) is 4.79 Å². The number of nitrogen functional groups attached to an aromatic ring is 1. The number of rotatable bonds is 2. The molecule has 0 spiro atoms. The second-order valence-corrected chi connectivity index (χ2v) is 2.89. The molecule has 0 bridgehead atoms. The smallest absolute Gasteiger partial charge is 0.405 e. The third-order valence-electron chi connectivity index (χ3n) is 1.48. The highest BCUT2D eigenvalue weighted by atomic mass is 35.5. The predicted molar refractivity (Wildman–Crippen MR) is 47.7 cm³/mol. The largest absolute Gasteiger partial charge is 0.573 e. The summed E-state index contributed by atoms with van der Waals surface area (Å²) in [6, 6.07) is 3.43. The molecule has 0 aliphatic rings. The van der Waals surface area contributed by atoms with Gasteiger partial charge in [-0.2, -0.15) is 0 Å². The van der Waals surface area contributed by atoms with Gasteiger partial charge in [0.25, 0.3) is 5.24 Å². The molecule has 0 saturated carbocycles. The van der Waals surface area contributed by atoms with E-state index in [1.165, 1.54) is 12.1 Å². The lowest BCUT2D eigenvalue weighted by Gasteiger charge is -2.12. The number of halogens is 4. The standard InChI is InChI=1S/C8H5ClF3NO2/c9-7(14)6-4(13)2-1-3-5(6)15-8(10,11)12/h1-3H,13H2. The van der Waals surface area contributed by atoms with Gasteiger partial charge in [0.05, 0.1) is 5.56 Å². The van der Waals surface area contributed by atoms with Gasteiger partial charge in [-0.05, 0) is 23.7 Å². The average Bonchev–Trinajstić information content (AvgIpc) is 1.99. The lowest BCUT2D eigenvalue weighted by Crippen LogP contribution is -2.19. The van der Waals surface area contributed by atoms with Crippen LogP contribution in [0, 0.1) is 0 Å². The van der Waals surface area contributed by atoms with E-state index >= 15 is 0 Å². The number of alkyl halides is 3. The van der Waals surface area contributed by atoms with Crippen molar-refractivity contribution < 1.29 is 22.7 Å². The third-order valence-corrected chi connectivity index (χ3v) is 1.67. The van der Waals surface area contributed by atoms with Crippen LogP contribution in [0.3, 0.4) is 0 Å². The highest BCUT2D eigenvalue weighted by Gasteiger charge is 2.33. The zero-order valence-corrected chi connectivity index (χ0v) is 7.89. The molecule has 1 rings (SSSR count). The van der Waals surface area contributed by atoms with Crippen LogP contribution >= 0.6 is 11.6 Å². The van der Waals surface area contributed by atoms with Crippen LogP contribution in [-0.4, -0.2) is 11.6 Å². The summed E-state index contributed by atoms with van der Waals surface area (Å²) in [5.41, 5.74) is 4.63. The molecule has 15 heavy (non-hydrogen) atoms. The molecule has 0 unspecified atom stereocenters. The number of hydrogen-bond acceptors (Lipinski definition) is 3. The minimum Gasteiger partial charge on any atom is -0.405 e. The summed E-state index contributed by atoms with van der Waals surface area (Å²) in [7, 11) is 0. The Morgan fingerprint density at radius 2 is 2.00 bits per heavy atom. The van der Waals surface area contributed by atoms with Gasteiger partial charge in [0, 0.05) is 5.69 Å². The van der Waals surface area contributed by atoms with E-state index in [9.17, 15) is 18.0 Å². The number of hydrogen-bond donors (Lipinski definition) is 1. The lowest BCUT2D eigenvalue weighted by atomic mass is 10.2. The fourth-order valence-electron chi connectivity index (χ4n) is 0.968. The Morgan fingerprint density at radius 1 is 1.40 bits per heavy atom. The molecule has 0 atom stereocenters. The Hall–Kier alpha value is -1.43. The molecule has 82 valence electrons. The predicted octanol–water partition coefficient (Wildman–Crippen LogP) is 2.55. The fourth-order valence-corrected chi connectivity index (χ4v) is 1.17. The van der Waals surface area contributed by atoms with Crippen LogP contribution in [0.25, 0.3) is 0 Å². The molecule has 0 aliphatic heterocycles. The summed E-state index contributed by atoms with van der Waals surface area (Å²) >= 11 is 5.08. The van der Waals surface area contributed by atoms with E-state index in [0.717, 1.165) is 6.07 Å². The summed E-state index contributed by atoms with van der Waals surface area (Å²) in [5.74, 6) is -0.706. The molecule has 0 heterocycles. The molecule has 1 aromatic carbocycles. The van der Waals surface area contributed by atoms with Gasteiger partial charge in [0.1, 0.15) is 5.75 Å². The van der Waals surface area contributed by atoms with Crippen molar-refractivity contribution >= 4 is 22.5 Å². The molecule has 7 heteroatoms. The summed E-state index contributed by atoms with van der Waals surface area (Å²) in [6.45, 7) is 0. The van der Waals surface area contributed by atoms with E-state index in [0.29, 0.717) is 0 Å². The Balaban J connectivity index is 3.18. The van der Waals surface area contributed by atoms with Crippen LogP contribution in [0.4, 0.5) is 18.9 Å². The Morgan fingerprint density at radius 3 is 2.47 bits per heavy atom. The SMILES string of the molecule is Nc1cccc(OC(F)(F)F)c1C(=O)Cl. The molecular weight excluding hydrogens is 235 g/mol. The van der Waals surface area contributed by atoms with Gasteiger partial charge in [0.15, 0.2) is 0 Å². The highest BCUT2D eigenvalue weighted by Crippen LogP contribution is 2.30. The summed E-state index contributed by atoms with van der Waals surface area (Å²) in [4.78, 5) is 10.8. The van der Waals surface area contributed by atoms with Crippen LogP contribution in [0.1, 0.15) is 10.4 Å². The van der Waals surface area contributed by atoms with Crippen molar-refractivity contribution in [2.24, 2.45) is 0 Å². The Kier molecular flexibility index (Phi) is 3.09. The van der Waals surface area contributed by atoms with Gasteiger partial charge in [-0.25, -0.2) is 0 Å². The number of nitrogens with two attached hydrogens (primary N) is 1. The van der Waals surface area contributed by atoms with Gasteiger partial charge in [-0.15, -0.1) is 13.2 Å².